The Balaban J connectivity index is 2.51. The van der Waals surface area contributed by atoms with Crippen LogP contribution in [0.15, 0.2) is 30.3 Å². The van der Waals surface area contributed by atoms with Crippen LogP contribution in [0.3, 0.4) is 0 Å². The minimum atomic E-state index is -1.33. The summed E-state index contributed by atoms with van der Waals surface area (Å²) in [4.78, 5) is 23.4. The van der Waals surface area contributed by atoms with Gasteiger partial charge in [0, 0.05) is 6.61 Å². The Morgan fingerprint density at radius 2 is 1.60 bits per heavy atom. The van der Waals surface area contributed by atoms with Crippen molar-refractivity contribution in [1.29, 1.82) is 0 Å². The maximum Gasteiger partial charge on any atom is 0.323 e. The zero-order chi connectivity index (χ0) is 15.0. The number of benzene rings is 1. The van der Waals surface area contributed by atoms with Crippen molar-refractivity contribution in [3.8, 4) is 0 Å². The molecule has 110 valence electrons. The van der Waals surface area contributed by atoms with E-state index in [1.165, 1.54) is 21.1 Å². The van der Waals surface area contributed by atoms with Crippen LogP contribution < -0.4 is 0 Å². The molecule has 0 unspecified atom stereocenters. The number of methoxy groups -OCH3 is 2. The summed E-state index contributed by atoms with van der Waals surface area (Å²) in [5, 5.41) is 0. The maximum absolute atomic E-state index is 11.7. The molecule has 0 amide bonds. The molecule has 5 nitrogen and oxygen atoms in total. The second-order valence-electron chi connectivity index (χ2n) is 4.60. The molecule has 1 aromatic carbocycles. The quantitative estimate of drug-likeness (QED) is 0.434. The summed E-state index contributed by atoms with van der Waals surface area (Å²) < 4.78 is 14.8. The van der Waals surface area contributed by atoms with E-state index in [1.807, 2.05) is 30.3 Å². The summed E-state index contributed by atoms with van der Waals surface area (Å²) in [6.45, 7) is 2.19. The number of ether oxygens (including phenoxy) is 3. The molecule has 1 rings (SSSR count). The SMILES string of the molecule is COC(=O)C(C)(CCOCc1ccccc1)C(=O)OC. The number of rotatable bonds is 7. The van der Waals surface area contributed by atoms with E-state index in [9.17, 15) is 9.59 Å². The van der Waals surface area contributed by atoms with Gasteiger partial charge in [0.15, 0.2) is 5.41 Å². The van der Waals surface area contributed by atoms with Gasteiger partial charge in [-0.05, 0) is 18.9 Å². The van der Waals surface area contributed by atoms with Crippen molar-refractivity contribution in [2.75, 3.05) is 20.8 Å². The van der Waals surface area contributed by atoms with Crippen molar-refractivity contribution in [1.82, 2.24) is 0 Å². The smallest absolute Gasteiger partial charge is 0.323 e. The minimum absolute atomic E-state index is 0.208. The topological polar surface area (TPSA) is 61.8 Å². The Morgan fingerprint density at radius 1 is 1.05 bits per heavy atom. The fourth-order valence-electron chi connectivity index (χ4n) is 1.78. The van der Waals surface area contributed by atoms with E-state index in [2.05, 4.69) is 9.47 Å². The first-order valence-corrected chi connectivity index (χ1v) is 6.33. The van der Waals surface area contributed by atoms with Gasteiger partial charge in [0.05, 0.1) is 20.8 Å². The van der Waals surface area contributed by atoms with Crippen molar-refractivity contribution < 1.29 is 23.8 Å². The van der Waals surface area contributed by atoms with Gasteiger partial charge in [0.25, 0.3) is 0 Å². The van der Waals surface area contributed by atoms with Crippen LogP contribution in [0.5, 0.6) is 0 Å². The van der Waals surface area contributed by atoms with Crippen molar-refractivity contribution in [2.45, 2.75) is 20.0 Å². The number of hydrogen-bond acceptors (Lipinski definition) is 5. The zero-order valence-electron chi connectivity index (χ0n) is 12.0. The average Bonchev–Trinajstić information content (AvgIpc) is 2.50. The predicted octanol–water partition coefficient (Wildman–Crippen LogP) is 1.95. The lowest BCUT2D eigenvalue weighted by molar-refractivity contribution is -0.169. The molecule has 0 heterocycles. The Labute approximate surface area is 118 Å². The fraction of sp³-hybridized carbons (Fsp3) is 0.467. The molecule has 20 heavy (non-hydrogen) atoms. The third-order valence-electron chi connectivity index (χ3n) is 3.13. The summed E-state index contributed by atoms with van der Waals surface area (Å²) in [5.41, 5.74) is -0.300. The molecule has 0 aliphatic heterocycles. The van der Waals surface area contributed by atoms with Gasteiger partial charge < -0.3 is 14.2 Å². The van der Waals surface area contributed by atoms with Crippen LogP contribution in [-0.2, 0) is 30.4 Å². The lowest BCUT2D eigenvalue weighted by Crippen LogP contribution is -2.39. The molecular formula is C15H20O5. The van der Waals surface area contributed by atoms with Crippen LogP contribution in [0.2, 0.25) is 0 Å². The third-order valence-corrected chi connectivity index (χ3v) is 3.13. The highest BCUT2D eigenvalue weighted by Gasteiger charge is 2.43. The van der Waals surface area contributed by atoms with Crippen LogP contribution in [0.1, 0.15) is 18.9 Å². The molecule has 0 spiro atoms. The molecule has 0 aliphatic rings. The largest absolute Gasteiger partial charge is 0.468 e. The van der Waals surface area contributed by atoms with E-state index in [4.69, 9.17) is 4.74 Å². The van der Waals surface area contributed by atoms with E-state index in [1.54, 1.807) is 0 Å². The van der Waals surface area contributed by atoms with Gasteiger partial charge in [-0.25, -0.2) is 0 Å². The second-order valence-corrected chi connectivity index (χ2v) is 4.60. The first kappa shape index (κ1) is 16.2. The van der Waals surface area contributed by atoms with E-state index < -0.39 is 17.4 Å². The third kappa shape index (κ3) is 4.06. The van der Waals surface area contributed by atoms with Crippen molar-refractivity contribution in [3.63, 3.8) is 0 Å². The molecule has 0 aromatic heterocycles. The van der Waals surface area contributed by atoms with Gasteiger partial charge >= 0.3 is 11.9 Å². The maximum atomic E-state index is 11.7. The Bertz CT molecular complexity index is 425. The number of esters is 2. The van der Waals surface area contributed by atoms with Gasteiger partial charge in [-0.15, -0.1) is 0 Å². The average molecular weight is 280 g/mol. The molecular weight excluding hydrogens is 260 g/mol. The molecule has 0 fully saturated rings. The number of carbonyl (C=O) groups excluding carboxylic acids is 2. The van der Waals surface area contributed by atoms with Gasteiger partial charge in [0.2, 0.25) is 0 Å². The van der Waals surface area contributed by atoms with Gasteiger partial charge in [0.1, 0.15) is 0 Å². The van der Waals surface area contributed by atoms with E-state index in [-0.39, 0.29) is 13.0 Å². The Morgan fingerprint density at radius 3 is 2.10 bits per heavy atom. The van der Waals surface area contributed by atoms with Crippen LogP contribution in [-0.4, -0.2) is 32.8 Å². The summed E-state index contributed by atoms with van der Waals surface area (Å²) in [5.74, 6) is -1.24. The first-order chi connectivity index (χ1) is 9.54. The van der Waals surface area contributed by atoms with Crippen LogP contribution in [0.25, 0.3) is 0 Å². The molecule has 0 atom stereocenters. The van der Waals surface area contributed by atoms with Crippen molar-refractivity contribution in [2.24, 2.45) is 5.41 Å². The summed E-state index contributed by atoms with van der Waals surface area (Å²) in [7, 11) is 2.49. The predicted molar refractivity (Wildman–Crippen MR) is 72.9 cm³/mol. The first-order valence-electron chi connectivity index (χ1n) is 6.33. The van der Waals surface area contributed by atoms with Gasteiger partial charge in [-0.2, -0.15) is 0 Å². The molecule has 0 bridgehead atoms. The van der Waals surface area contributed by atoms with Crippen LogP contribution >= 0.6 is 0 Å². The monoisotopic (exact) mass is 280 g/mol. The van der Waals surface area contributed by atoms with Crippen molar-refractivity contribution >= 4 is 11.9 Å². The molecule has 0 saturated carbocycles. The number of hydrogen-bond donors (Lipinski definition) is 0. The van der Waals surface area contributed by atoms with Crippen molar-refractivity contribution in [3.05, 3.63) is 35.9 Å². The normalized spacial score (nSPS) is 10.9. The van der Waals surface area contributed by atoms with Gasteiger partial charge in [-0.1, -0.05) is 30.3 Å². The molecule has 0 aliphatic carbocycles. The highest BCUT2D eigenvalue weighted by molar-refractivity contribution is 5.99. The zero-order valence-corrected chi connectivity index (χ0v) is 12.0. The minimum Gasteiger partial charge on any atom is -0.468 e. The van der Waals surface area contributed by atoms with E-state index in [0.29, 0.717) is 6.61 Å². The summed E-state index contributed by atoms with van der Waals surface area (Å²) in [6, 6.07) is 9.66. The fourth-order valence-corrected chi connectivity index (χ4v) is 1.78. The summed E-state index contributed by atoms with van der Waals surface area (Å²) >= 11 is 0. The second kappa shape index (κ2) is 7.65. The Kier molecular flexibility index (Phi) is 6.18. The summed E-state index contributed by atoms with van der Waals surface area (Å²) in [6.07, 6.45) is 0.208. The Hall–Kier alpha value is -1.88. The highest BCUT2D eigenvalue weighted by Crippen LogP contribution is 2.25. The molecule has 0 radical (unpaired) electrons. The van der Waals surface area contributed by atoms with Crippen LogP contribution in [0.4, 0.5) is 0 Å². The van der Waals surface area contributed by atoms with Crippen LogP contribution in [0, 0.1) is 5.41 Å². The lowest BCUT2D eigenvalue weighted by atomic mass is 9.87. The molecule has 5 heteroatoms. The van der Waals surface area contributed by atoms with E-state index in [0.717, 1.165) is 5.56 Å². The molecule has 0 N–H and O–H groups in total. The standard InChI is InChI=1S/C15H20O5/c1-15(13(16)18-2,14(17)19-3)9-10-20-11-12-7-5-4-6-8-12/h4-8H,9-11H2,1-3H3. The number of carbonyl (C=O) groups is 2. The molecule has 1 aromatic rings. The van der Waals surface area contributed by atoms with E-state index >= 15 is 0 Å². The van der Waals surface area contributed by atoms with Gasteiger partial charge in [-0.3, -0.25) is 9.59 Å². The lowest BCUT2D eigenvalue weighted by Gasteiger charge is -2.23. The highest BCUT2D eigenvalue weighted by atomic mass is 16.5. The molecule has 0 saturated heterocycles.